The number of amides is 1. The second-order valence-corrected chi connectivity index (χ2v) is 11.3. The van der Waals surface area contributed by atoms with E-state index in [1.165, 1.54) is 36.9 Å². The zero-order chi connectivity index (χ0) is 22.8. The second kappa shape index (κ2) is 7.62. The number of nitrogens with zero attached hydrogens (tertiary/aromatic N) is 5. The number of likely N-dealkylation sites (tertiary alicyclic amines) is 1. The molecule has 2 saturated heterocycles. The third-order valence-electron chi connectivity index (χ3n) is 9.46. The van der Waals surface area contributed by atoms with Gasteiger partial charge in [0.2, 0.25) is 5.91 Å². The van der Waals surface area contributed by atoms with Crippen LogP contribution in [0.5, 0.6) is 0 Å². The Balaban J connectivity index is 1.23. The number of pyridine rings is 1. The van der Waals surface area contributed by atoms with Gasteiger partial charge in [-0.1, -0.05) is 25.0 Å². The first-order valence-corrected chi connectivity index (χ1v) is 13.2. The molecule has 0 aromatic carbocycles. The second-order valence-electron chi connectivity index (χ2n) is 11.3. The van der Waals surface area contributed by atoms with E-state index in [0.29, 0.717) is 5.91 Å². The molecule has 2 aromatic heterocycles. The Morgan fingerprint density at radius 3 is 2.41 bits per heavy atom. The van der Waals surface area contributed by atoms with Gasteiger partial charge in [-0.15, -0.1) is 0 Å². The van der Waals surface area contributed by atoms with E-state index >= 15 is 0 Å². The van der Waals surface area contributed by atoms with Crippen LogP contribution in [-0.4, -0.2) is 51.9 Å². The summed E-state index contributed by atoms with van der Waals surface area (Å²) in [5.74, 6) is 2.55. The SMILES string of the molecule is O=C(C1CC=CC1)N1CC23CCCCC2(C1)CN(c1nc(-c2cccnc2)nc2c1CCC2)C3. The molecule has 4 heterocycles. The zero-order valence-electron chi connectivity index (χ0n) is 19.9. The topological polar surface area (TPSA) is 62.2 Å². The lowest BCUT2D eigenvalue weighted by molar-refractivity contribution is -0.134. The summed E-state index contributed by atoms with van der Waals surface area (Å²) in [7, 11) is 0. The average molecular weight is 456 g/mol. The molecular formula is C28H33N5O. The highest BCUT2D eigenvalue weighted by atomic mass is 16.2. The van der Waals surface area contributed by atoms with E-state index in [-0.39, 0.29) is 16.7 Å². The van der Waals surface area contributed by atoms with Gasteiger partial charge in [0.15, 0.2) is 5.82 Å². The van der Waals surface area contributed by atoms with Crippen molar-refractivity contribution in [2.24, 2.45) is 16.7 Å². The Hall–Kier alpha value is -2.76. The van der Waals surface area contributed by atoms with Gasteiger partial charge in [-0.25, -0.2) is 9.97 Å². The molecule has 6 heteroatoms. The molecule has 5 aliphatic rings. The van der Waals surface area contributed by atoms with Gasteiger partial charge in [-0.3, -0.25) is 9.78 Å². The van der Waals surface area contributed by atoms with E-state index in [2.05, 4.69) is 33.0 Å². The highest BCUT2D eigenvalue weighted by Gasteiger charge is 2.64. The molecule has 2 atom stereocenters. The fourth-order valence-corrected chi connectivity index (χ4v) is 7.80. The molecule has 2 unspecified atom stereocenters. The normalized spacial score (nSPS) is 30.0. The molecule has 3 aliphatic carbocycles. The van der Waals surface area contributed by atoms with Gasteiger partial charge in [0.1, 0.15) is 5.82 Å². The Morgan fingerprint density at radius 1 is 0.941 bits per heavy atom. The summed E-state index contributed by atoms with van der Waals surface area (Å²) in [5.41, 5.74) is 4.00. The number of carbonyl (C=O) groups is 1. The Kier molecular flexibility index (Phi) is 4.62. The first kappa shape index (κ1) is 20.6. The zero-order valence-corrected chi connectivity index (χ0v) is 19.9. The van der Waals surface area contributed by atoms with Gasteiger partial charge in [0, 0.05) is 72.1 Å². The molecule has 176 valence electrons. The molecule has 0 bridgehead atoms. The fraction of sp³-hybridized carbons (Fsp3) is 0.571. The quantitative estimate of drug-likeness (QED) is 0.649. The first-order valence-electron chi connectivity index (χ1n) is 13.2. The Bertz CT molecular complexity index is 1130. The van der Waals surface area contributed by atoms with E-state index < -0.39 is 0 Å². The van der Waals surface area contributed by atoms with Gasteiger partial charge >= 0.3 is 0 Å². The molecule has 0 spiro atoms. The lowest BCUT2D eigenvalue weighted by atomic mass is 9.60. The first-order chi connectivity index (χ1) is 16.7. The van der Waals surface area contributed by atoms with E-state index in [0.717, 1.165) is 75.5 Å². The monoisotopic (exact) mass is 455 g/mol. The number of aryl methyl sites for hydroxylation is 1. The van der Waals surface area contributed by atoms with Gasteiger partial charge < -0.3 is 9.80 Å². The third kappa shape index (κ3) is 2.99. The van der Waals surface area contributed by atoms with Crippen molar-refractivity contribution in [1.82, 2.24) is 19.9 Å². The largest absolute Gasteiger partial charge is 0.355 e. The van der Waals surface area contributed by atoms with Crippen LogP contribution < -0.4 is 4.90 Å². The van der Waals surface area contributed by atoms with Crippen molar-refractivity contribution in [3.05, 3.63) is 47.9 Å². The van der Waals surface area contributed by atoms with E-state index in [4.69, 9.17) is 9.97 Å². The standard InChI is InChI=1S/C28H33N5O/c34-26(20-7-1-2-8-20)33-18-27-12-3-4-13-28(27,19-33)17-32(16-27)25-22-10-5-11-23(22)30-24(31-25)21-9-6-14-29-15-21/h1-2,6,9,14-15,20H,3-5,7-8,10-13,16-19H2. The maximum absolute atomic E-state index is 13.4. The highest BCUT2D eigenvalue weighted by Crippen LogP contribution is 2.61. The number of aromatic nitrogens is 3. The molecule has 0 radical (unpaired) electrons. The fourth-order valence-electron chi connectivity index (χ4n) is 7.80. The predicted octanol–water partition coefficient (Wildman–Crippen LogP) is 4.20. The van der Waals surface area contributed by atoms with E-state index in [1.54, 1.807) is 6.20 Å². The molecule has 1 saturated carbocycles. The maximum atomic E-state index is 13.4. The van der Waals surface area contributed by atoms with Crippen LogP contribution >= 0.6 is 0 Å². The van der Waals surface area contributed by atoms with Crippen LogP contribution in [0.4, 0.5) is 5.82 Å². The average Bonchev–Trinajstić information content (AvgIpc) is 3.65. The minimum Gasteiger partial charge on any atom is -0.355 e. The number of rotatable bonds is 3. The van der Waals surface area contributed by atoms with Crippen LogP contribution in [0.15, 0.2) is 36.7 Å². The van der Waals surface area contributed by atoms with E-state index in [9.17, 15) is 4.79 Å². The van der Waals surface area contributed by atoms with Gasteiger partial charge in [-0.05, 0) is 57.1 Å². The molecule has 7 rings (SSSR count). The van der Waals surface area contributed by atoms with Gasteiger partial charge in [-0.2, -0.15) is 0 Å². The van der Waals surface area contributed by atoms with Crippen molar-refractivity contribution < 1.29 is 4.79 Å². The number of hydrogen-bond donors (Lipinski definition) is 0. The number of carbonyl (C=O) groups excluding carboxylic acids is 1. The van der Waals surface area contributed by atoms with Crippen LogP contribution in [0.2, 0.25) is 0 Å². The van der Waals surface area contributed by atoms with Crippen LogP contribution in [0, 0.1) is 16.7 Å². The summed E-state index contributed by atoms with van der Waals surface area (Å²) in [5, 5.41) is 0. The van der Waals surface area contributed by atoms with Crippen molar-refractivity contribution in [3.63, 3.8) is 0 Å². The minimum atomic E-state index is 0.178. The lowest BCUT2D eigenvalue weighted by Gasteiger charge is -2.41. The van der Waals surface area contributed by atoms with Crippen molar-refractivity contribution in [1.29, 1.82) is 0 Å². The smallest absolute Gasteiger partial charge is 0.226 e. The van der Waals surface area contributed by atoms with E-state index in [1.807, 2.05) is 12.3 Å². The van der Waals surface area contributed by atoms with Crippen molar-refractivity contribution >= 4 is 11.7 Å². The molecule has 0 N–H and O–H groups in total. The van der Waals surface area contributed by atoms with Crippen LogP contribution in [0.1, 0.15) is 56.2 Å². The van der Waals surface area contributed by atoms with Gasteiger partial charge in [0.25, 0.3) is 0 Å². The summed E-state index contributed by atoms with van der Waals surface area (Å²) in [4.78, 5) is 32.7. The van der Waals surface area contributed by atoms with Crippen molar-refractivity contribution in [2.45, 2.75) is 57.8 Å². The van der Waals surface area contributed by atoms with Crippen LogP contribution in [-0.2, 0) is 17.6 Å². The summed E-state index contributed by atoms with van der Waals surface area (Å²) < 4.78 is 0. The summed E-state index contributed by atoms with van der Waals surface area (Å²) in [6, 6.07) is 4.02. The Labute approximate surface area is 201 Å². The van der Waals surface area contributed by atoms with Gasteiger partial charge in [0.05, 0.1) is 0 Å². The number of hydrogen-bond acceptors (Lipinski definition) is 5. The molecule has 3 fully saturated rings. The Morgan fingerprint density at radius 2 is 1.71 bits per heavy atom. The molecule has 6 nitrogen and oxygen atoms in total. The number of anilines is 1. The van der Waals surface area contributed by atoms with Crippen LogP contribution in [0.25, 0.3) is 11.4 Å². The summed E-state index contributed by atoms with van der Waals surface area (Å²) in [6.45, 7) is 3.91. The predicted molar refractivity (Wildman–Crippen MR) is 131 cm³/mol. The lowest BCUT2D eigenvalue weighted by Crippen LogP contribution is -2.42. The molecule has 2 aromatic rings. The number of fused-ring (bicyclic) bond motifs is 1. The maximum Gasteiger partial charge on any atom is 0.226 e. The molecule has 2 aliphatic heterocycles. The highest BCUT2D eigenvalue weighted by molar-refractivity contribution is 5.80. The third-order valence-corrected chi connectivity index (χ3v) is 9.46. The minimum absolute atomic E-state index is 0.178. The van der Waals surface area contributed by atoms with Crippen molar-refractivity contribution in [3.8, 4) is 11.4 Å². The van der Waals surface area contributed by atoms with Crippen LogP contribution in [0.3, 0.4) is 0 Å². The molecule has 1 amide bonds. The molecular weight excluding hydrogens is 422 g/mol. The number of allylic oxidation sites excluding steroid dienone is 2. The summed E-state index contributed by atoms with van der Waals surface area (Å²) >= 11 is 0. The summed E-state index contributed by atoms with van der Waals surface area (Å²) in [6.07, 6.45) is 18.2. The molecule has 34 heavy (non-hydrogen) atoms. The van der Waals surface area contributed by atoms with Crippen molar-refractivity contribution in [2.75, 3.05) is 31.1 Å².